The van der Waals surface area contributed by atoms with E-state index in [1.165, 1.54) is 0 Å². The molecule has 3 nitrogen and oxygen atoms in total. The van der Waals surface area contributed by atoms with Crippen molar-refractivity contribution in [3.05, 3.63) is 0 Å². The molecule has 0 amide bonds. The summed E-state index contributed by atoms with van der Waals surface area (Å²) in [6.45, 7) is 1.39. The Kier molecular flexibility index (Phi) is 2.91. The van der Waals surface area contributed by atoms with Crippen molar-refractivity contribution in [2.45, 2.75) is 19.1 Å². The van der Waals surface area contributed by atoms with Crippen molar-refractivity contribution < 1.29 is 10.2 Å². The van der Waals surface area contributed by atoms with E-state index in [2.05, 4.69) is 0 Å². The summed E-state index contributed by atoms with van der Waals surface area (Å²) in [6.07, 6.45) is -0.606. The Morgan fingerprint density at radius 1 is 1.71 bits per heavy atom. The molecular weight excluding hydrogens is 94.0 g/mol. The van der Waals surface area contributed by atoms with Gasteiger partial charge in [0, 0.05) is 0 Å². The van der Waals surface area contributed by atoms with Crippen LogP contribution >= 0.6 is 0 Å². The number of aliphatic hydroxyl groups excluding tert-OH is 2. The number of aliphatic hydroxyl groups is 2. The van der Waals surface area contributed by atoms with Gasteiger partial charge in [0.25, 0.3) is 0 Å². The second kappa shape index (κ2) is 2.96. The van der Waals surface area contributed by atoms with Crippen molar-refractivity contribution in [3.8, 4) is 0 Å². The predicted octanol–water partition coefficient (Wildman–Crippen LogP) is -1.31. The average Bonchev–Trinajstić information content (AvgIpc) is 1.65. The summed E-state index contributed by atoms with van der Waals surface area (Å²) in [5, 5.41) is 16.8. The topological polar surface area (TPSA) is 66.5 Å². The van der Waals surface area contributed by atoms with Crippen LogP contribution in [0.4, 0.5) is 0 Å². The van der Waals surface area contributed by atoms with Crippen molar-refractivity contribution in [3.63, 3.8) is 0 Å². The number of rotatable bonds is 2. The maximum atomic E-state index is 8.54. The highest BCUT2D eigenvalue weighted by Crippen LogP contribution is 1.83. The van der Waals surface area contributed by atoms with Crippen LogP contribution in [0.25, 0.3) is 0 Å². The quantitative estimate of drug-likeness (QED) is 0.408. The molecule has 2 atom stereocenters. The first-order valence-corrected chi connectivity index (χ1v) is 2.23. The molecule has 0 saturated carbocycles. The Hall–Kier alpha value is -0.120. The van der Waals surface area contributed by atoms with E-state index in [4.69, 9.17) is 15.9 Å². The van der Waals surface area contributed by atoms with Gasteiger partial charge in [0.05, 0.1) is 18.8 Å². The number of hydrogen-bond donors (Lipinski definition) is 3. The van der Waals surface area contributed by atoms with Crippen LogP contribution in [-0.4, -0.2) is 29.0 Å². The fraction of sp³-hybridized carbons (Fsp3) is 1.00. The van der Waals surface area contributed by atoms with Crippen molar-refractivity contribution in [2.24, 2.45) is 5.73 Å². The summed E-state index contributed by atoms with van der Waals surface area (Å²) in [4.78, 5) is 0. The van der Waals surface area contributed by atoms with Crippen LogP contribution in [0.1, 0.15) is 6.92 Å². The molecule has 0 unspecified atom stereocenters. The number of nitrogens with two attached hydrogens (primary N) is 1. The summed E-state index contributed by atoms with van der Waals surface area (Å²) in [6, 6.07) is -0.486. The van der Waals surface area contributed by atoms with Crippen LogP contribution in [0.3, 0.4) is 0 Å². The molecule has 0 aromatic heterocycles. The molecule has 0 spiro atoms. The molecule has 0 radical (unpaired) electrons. The van der Waals surface area contributed by atoms with E-state index in [1.807, 2.05) is 0 Å². The summed E-state index contributed by atoms with van der Waals surface area (Å²) >= 11 is 0. The van der Waals surface area contributed by atoms with E-state index in [0.717, 1.165) is 0 Å². The third kappa shape index (κ3) is 2.56. The second-order valence-corrected chi connectivity index (χ2v) is 1.59. The van der Waals surface area contributed by atoms with Gasteiger partial charge in [0.2, 0.25) is 0 Å². The highest BCUT2D eigenvalue weighted by Gasteiger charge is 2.04. The normalized spacial score (nSPS) is 18.9. The zero-order valence-corrected chi connectivity index (χ0v) is 4.33. The number of hydrogen-bond acceptors (Lipinski definition) is 3. The molecule has 0 aliphatic carbocycles. The Bertz CT molecular complexity index is 47.0. The van der Waals surface area contributed by atoms with Gasteiger partial charge in [-0.3, -0.25) is 0 Å². The van der Waals surface area contributed by atoms with Crippen molar-refractivity contribution >= 4 is 0 Å². The van der Waals surface area contributed by atoms with Gasteiger partial charge in [0.15, 0.2) is 0 Å². The zero-order valence-electron chi connectivity index (χ0n) is 4.33. The van der Waals surface area contributed by atoms with Crippen LogP contribution < -0.4 is 5.73 Å². The molecule has 44 valence electrons. The first-order valence-electron chi connectivity index (χ1n) is 2.23. The van der Waals surface area contributed by atoms with Crippen molar-refractivity contribution in [1.29, 1.82) is 0 Å². The van der Waals surface area contributed by atoms with Gasteiger partial charge >= 0.3 is 0 Å². The summed E-state index contributed by atoms with van der Waals surface area (Å²) in [5.74, 6) is 0. The second-order valence-electron chi connectivity index (χ2n) is 1.59. The third-order valence-corrected chi connectivity index (χ3v) is 0.830. The van der Waals surface area contributed by atoms with Crippen LogP contribution in [0.2, 0.25) is 0 Å². The van der Waals surface area contributed by atoms with Gasteiger partial charge in [0.1, 0.15) is 0 Å². The van der Waals surface area contributed by atoms with Gasteiger partial charge in [-0.05, 0) is 6.92 Å². The molecule has 0 rings (SSSR count). The van der Waals surface area contributed by atoms with Crippen LogP contribution in [0, 0.1) is 0 Å². The highest BCUT2D eigenvalue weighted by molar-refractivity contribution is 4.63. The lowest BCUT2D eigenvalue weighted by molar-refractivity contribution is 0.123. The molecule has 0 bridgehead atoms. The van der Waals surface area contributed by atoms with Crippen LogP contribution in [0.15, 0.2) is 0 Å². The summed E-state index contributed by atoms with van der Waals surface area (Å²) in [7, 11) is 0. The third-order valence-electron chi connectivity index (χ3n) is 0.830. The largest absolute Gasteiger partial charge is 0.395 e. The maximum absolute atomic E-state index is 8.54. The molecule has 4 N–H and O–H groups in total. The Balaban J connectivity index is 3.14. The van der Waals surface area contributed by atoms with E-state index in [0.29, 0.717) is 0 Å². The lowest BCUT2D eigenvalue weighted by atomic mass is 10.2. The molecule has 0 saturated heterocycles. The minimum atomic E-state index is -0.606. The summed E-state index contributed by atoms with van der Waals surface area (Å²) in [5.41, 5.74) is 5.12. The van der Waals surface area contributed by atoms with Crippen LogP contribution in [-0.2, 0) is 0 Å². The SMILES string of the molecule is C[C@@H](O)[C@@H](N)CO. The van der Waals surface area contributed by atoms with Gasteiger partial charge in [-0.2, -0.15) is 0 Å². The van der Waals surface area contributed by atoms with E-state index in [-0.39, 0.29) is 6.61 Å². The van der Waals surface area contributed by atoms with Crippen molar-refractivity contribution in [1.82, 2.24) is 0 Å². The monoisotopic (exact) mass is 105 g/mol. The molecule has 0 heterocycles. The molecule has 0 fully saturated rings. The fourth-order valence-electron chi connectivity index (χ4n) is 0.153. The fourth-order valence-corrected chi connectivity index (χ4v) is 0.153. The Morgan fingerprint density at radius 2 is 2.14 bits per heavy atom. The lowest BCUT2D eigenvalue weighted by Crippen LogP contribution is -2.35. The molecule has 7 heavy (non-hydrogen) atoms. The molecule has 0 aromatic carbocycles. The highest BCUT2D eigenvalue weighted by atomic mass is 16.3. The molecule has 0 aliphatic heterocycles. The van der Waals surface area contributed by atoms with Crippen LogP contribution in [0.5, 0.6) is 0 Å². The lowest BCUT2D eigenvalue weighted by Gasteiger charge is -2.08. The maximum Gasteiger partial charge on any atom is 0.0685 e. The van der Waals surface area contributed by atoms with Gasteiger partial charge in [-0.15, -0.1) is 0 Å². The van der Waals surface area contributed by atoms with Crippen molar-refractivity contribution in [2.75, 3.05) is 6.61 Å². The molecule has 0 aromatic rings. The van der Waals surface area contributed by atoms with E-state index >= 15 is 0 Å². The van der Waals surface area contributed by atoms with Gasteiger partial charge < -0.3 is 15.9 Å². The van der Waals surface area contributed by atoms with E-state index in [1.54, 1.807) is 6.92 Å². The standard InChI is InChI=1S/C4H11NO2/c1-3(7)4(5)2-6/h3-4,6-7H,2,5H2,1H3/t3-,4+/m1/s1. The van der Waals surface area contributed by atoms with Gasteiger partial charge in [-0.25, -0.2) is 0 Å². The molecule has 3 heteroatoms. The minimum absolute atomic E-state index is 0.155. The molecular formula is C4H11NO2. The van der Waals surface area contributed by atoms with E-state index < -0.39 is 12.1 Å². The smallest absolute Gasteiger partial charge is 0.0685 e. The minimum Gasteiger partial charge on any atom is -0.395 e. The van der Waals surface area contributed by atoms with Gasteiger partial charge in [-0.1, -0.05) is 0 Å². The average molecular weight is 105 g/mol. The zero-order chi connectivity index (χ0) is 5.86. The first kappa shape index (κ1) is 6.88. The Labute approximate surface area is 42.8 Å². The first-order chi connectivity index (χ1) is 3.18. The molecule has 0 aliphatic rings. The Morgan fingerprint density at radius 3 is 2.14 bits per heavy atom. The van der Waals surface area contributed by atoms with E-state index in [9.17, 15) is 0 Å². The predicted molar refractivity (Wildman–Crippen MR) is 26.7 cm³/mol. The summed E-state index contributed by atoms with van der Waals surface area (Å²) < 4.78 is 0.